The van der Waals surface area contributed by atoms with Gasteiger partial charge in [-0.15, -0.1) is 0 Å². The Hall–Kier alpha value is -1.75. The molecule has 1 rings (SSSR count). The summed E-state index contributed by atoms with van der Waals surface area (Å²) < 4.78 is 5.33. The third-order valence-electron chi connectivity index (χ3n) is 3.45. The molecule has 0 radical (unpaired) electrons. The minimum atomic E-state index is 0.707. The Balaban J connectivity index is 2.35. The Kier molecular flexibility index (Phi) is 10.7. The summed E-state index contributed by atoms with van der Waals surface area (Å²) in [6.45, 7) is 12.2. The van der Waals surface area contributed by atoms with Gasteiger partial charge in [-0.3, -0.25) is 4.99 Å². The smallest absolute Gasteiger partial charge is 0.191 e. The number of rotatable bonds is 11. The normalized spacial score (nSPS) is 11.3. The van der Waals surface area contributed by atoms with Crippen molar-refractivity contribution >= 4 is 11.6 Å². The number of anilines is 1. The molecule has 0 bridgehead atoms. The second-order valence-corrected chi connectivity index (χ2v) is 5.15. The van der Waals surface area contributed by atoms with Crippen molar-refractivity contribution in [3.05, 3.63) is 30.3 Å². The van der Waals surface area contributed by atoms with Crippen LogP contribution in [0.5, 0.6) is 0 Å². The number of hydrogen-bond donors (Lipinski definition) is 2. The highest BCUT2D eigenvalue weighted by Crippen LogP contribution is 2.12. The first kappa shape index (κ1) is 19.3. The second kappa shape index (κ2) is 12.8. The Bertz CT molecular complexity index is 422. The average molecular weight is 320 g/mol. The fourth-order valence-electron chi connectivity index (χ4n) is 2.29. The highest BCUT2D eigenvalue weighted by Gasteiger charge is 2.03. The van der Waals surface area contributed by atoms with Crippen LogP contribution in [0.1, 0.15) is 27.2 Å². The predicted octanol–water partition coefficient (Wildman–Crippen LogP) is 2.49. The lowest BCUT2D eigenvalue weighted by molar-refractivity contribution is 0.152. The third kappa shape index (κ3) is 8.45. The molecule has 0 spiro atoms. The third-order valence-corrected chi connectivity index (χ3v) is 3.45. The Morgan fingerprint density at radius 3 is 2.57 bits per heavy atom. The van der Waals surface area contributed by atoms with Gasteiger partial charge < -0.3 is 20.3 Å². The standard InChI is InChI=1S/C18H32N4O/c1-4-19-18(21-14-16-23-6-3)20-13-10-15-22(5-2)17-11-8-7-9-12-17/h7-9,11-12H,4-6,10,13-16H2,1-3H3,(H2,19,20,21). The number of aliphatic imine (C=N–C) groups is 1. The maximum Gasteiger partial charge on any atom is 0.191 e. The lowest BCUT2D eigenvalue weighted by Crippen LogP contribution is -2.39. The molecular weight excluding hydrogens is 288 g/mol. The average Bonchev–Trinajstić information content (AvgIpc) is 2.59. The zero-order valence-electron chi connectivity index (χ0n) is 14.8. The molecule has 0 unspecified atom stereocenters. The van der Waals surface area contributed by atoms with Crippen LogP contribution in [0.4, 0.5) is 5.69 Å². The van der Waals surface area contributed by atoms with E-state index in [2.05, 4.69) is 64.7 Å². The zero-order chi connectivity index (χ0) is 16.8. The number of para-hydroxylation sites is 1. The van der Waals surface area contributed by atoms with Crippen LogP contribution in [0.3, 0.4) is 0 Å². The van der Waals surface area contributed by atoms with Crippen LogP contribution < -0.4 is 15.5 Å². The van der Waals surface area contributed by atoms with Crippen LogP contribution >= 0.6 is 0 Å². The molecule has 0 atom stereocenters. The first-order chi connectivity index (χ1) is 11.3. The molecule has 130 valence electrons. The molecule has 5 nitrogen and oxygen atoms in total. The van der Waals surface area contributed by atoms with Crippen LogP contribution in [-0.2, 0) is 4.74 Å². The molecule has 0 saturated heterocycles. The molecule has 1 aromatic carbocycles. The van der Waals surface area contributed by atoms with E-state index in [-0.39, 0.29) is 0 Å². The monoisotopic (exact) mass is 320 g/mol. The van der Waals surface area contributed by atoms with Crippen LogP contribution in [0, 0.1) is 0 Å². The topological polar surface area (TPSA) is 48.9 Å². The minimum Gasteiger partial charge on any atom is -0.380 e. The molecule has 0 fully saturated rings. The van der Waals surface area contributed by atoms with Gasteiger partial charge in [-0.1, -0.05) is 18.2 Å². The molecule has 0 amide bonds. The van der Waals surface area contributed by atoms with Crippen LogP contribution in [0.2, 0.25) is 0 Å². The fraction of sp³-hybridized carbons (Fsp3) is 0.611. The molecule has 0 aliphatic rings. The van der Waals surface area contributed by atoms with Crippen LogP contribution in [0.25, 0.3) is 0 Å². The Morgan fingerprint density at radius 2 is 1.91 bits per heavy atom. The number of ether oxygens (including phenoxy) is 1. The zero-order valence-corrected chi connectivity index (χ0v) is 14.8. The predicted molar refractivity (Wildman–Crippen MR) is 99.4 cm³/mol. The van der Waals surface area contributed by atoms with Crippen molar-refractivity contribution < 1.29 is 4.74 Å². The van der Waals surface area contributed by atoms with E-state index < -0.39 is 0 Å². The summed E-state index contributed by atoms with van der Waals surface area (Å²) in [5, 5.41) is 6.55. The van der Waals surface area contributed by atoms with Gasteiger partial charge in [0.25, 0.3) is 0 Å². The van der Waals surface area contributed by atoms with Gasteiger partial charge in [0, 0.05) is 45.0 Å². The van der Waals surface area contributed by atoms with Gasteiger partial charge in [0.1, 0.15) is 0 Å². The van der Waals surface area contributed by atoms with Crippen molar-refractivity contribution in [2.75, 3.05) is 50.8 Å². The van der Waals surface area contributed by atoms with Crippen molar-refractivity contribution in [2.45, 2.75) is 27.2 Å². The molecule has 0 aliphatic heterocycles. The van der Waals surface area contributed by atoms with E-state index in [1.54, 1.807) is 0 Å². The lowest BCUT2D eigenvalue weighted by Gasteiger charge is -2.22. The molecule has 1 aromatic rings. The van der Waals surface area contributed by atoms with Gasteiger partial charge >= 0.3 is 0 Å². The minimum absolute atomic E-state index is 0.707. The SMILES string of the molecule is CCNC(=NCCCN(CC)c1ccccc1)NCCOCC. The van der Waals surface area contributed by atoms with E-state index in [0.717, 1.165) is 51.7 Å². The molecule has 2 N–H and O–H groups in total. The van der Waals surface area contributed by atoms with E-state index >= 15 is 0 Å². The van der Waals surface area contributed by atoms with Gasteiger partial charge in [0.05, 0.1) is 6.61 Å². The molecule has 0 aromatic heterocycles. The summed E-state index contributed by atoms with van der Waals surface area (Å²) in [5.74, 6) is 0.870. The van der Waals surface area contributed by atoms with Crippen molar-refractivity contribution in [2.24, 2.45) is 4.99 Å². The number of nitrogens with zero attached hydrogens (tertiary/aromatic N) is 2. The number of nitrogens with one attached hydrogen (secondary N) is 2. The van der Waals surface area contributed by atoms with Crippen LogP contribution in [-0.4, -0.2) is 51.9 Å². The largest absolute Gasteiger partial charge is 0.380 e. The first-order valence-electron chi connectivity index (χ1n) is 8.71. The van der Waals surface area contributed by atoms with Gasteiger partial charge in [-0.2, -0.15) is 0 Å². The van der Waals surface area contributed by atoms with E-state index in [9.17, 15) is 0 Å². The molecule has 0 saturated carbocycles. The van der Waals surface area contributed by atoms with Crippen molar-refractivity contribution in [3.63, 3.8) is 0 Å². The summed E-state index contributed by atoms with van der Waals surface area (Å²) in [5.41, 5.74) is 1.28. The summed E-state index contributed by atoms with van der Waals surface area (Å²) in [7, 11) is 0. The van der Waals surface area contributed by atoms with Gasteiger partial charge in [0.15, 0.2) is 5.96 Å². The Labute approximate surface area is 141 Å². The summed E-state index contributed by atoms with van der Waals surface area (Å²) in [4.78, 5) is 7.00. The van der Waals surface area contributed by atoms with Crippen molar-refractivity contribution in [1.82, 2.24) is 10.6 Å². The number of guanidine groups is 1. The Morgan fingerprint density at radius 1 is 1.13 bits per heavy atom. The van der Waals surface area contributed by atoms with E-state index in [0.29, 0.717) is 6.61 Å². The first-order valence-corrected chi connectivity index (χ1v) is 8.71. The van der Waals surface area contributed by atoms with E-state index in [1.807, 2.05) is 6.92 Å². The molecular formula is C18H32N4O. The number of benzene rings is 1. The van der Waals surface area contributed by atoms with Crippen molar-refractivity contribution in [1.29, 1.82) is 0 Å². The maximum absolute atomic E-state index is 5.33. The van der Waals surface area contributed by atoms with Gasteiger partial charge in [0.2, 0.25) is 0 Å². The maximum atomic E-state index is 5.33. The highest BCUT2D eigenvalue weighted by atomic mass is 16.5. The van der Waals surface area contributed by atoms with Gasteiger partial charge in [-0.05, 0) is 39.3 Å². The number of hydrogen-bond acceptors (Lipinski definition) is 3. The highest BCUT2D eigenvalue weighted by molar-refractivity contribution is 5.79. The summed E-state index contributed by atoms with van der Waals surface area (Å²) in [6, 6.07) is 10.5. The molecule has 0 aliphatic carbocycles. The molecule has 0 heterocycles. The fourth-order valence-corrected chi connectivity index (χ4v) is 2.29. The van der Waals surface area contributed by atoms with E-state index in [4.69, 9.17) is 4.74 Å². The van der Waals surface area contributed by atoms with Crippen LogP contribution in [0.15, 0.2) is 35.3 Å². The second-order valence-electron chi connectivity index (χ2n) is 5.15. The summed E-state index contributed by atoms with van der Waals surface area (Å²) >= 11 is 0. The quantitative estimate of drug-likeness (QED) is 0.374. The molecule has 5 heteroatoms. The lowest BCUT2D eigenvalue weighted by atomic mass is 10.2. The summed E-state index contributed by atoms with van der Waals surface area (Å²) in [6.07, 6.45) is 1.03. The van der Waals surface area contributed by atoms with Gasteiger partial charge in [-0.25, -0.2) is 0 Å². The van der Waals surface area contributed by atoms with Crippen molar-refractivity contribution in [3.8, 4) is 0 Å². The molecule has 23 heavy (non-hydrogen) atoms. The van der Waals surface area contributed by atoms with E-state index in [1.165, 1.54) is 5.69 Å².